The minimum Gasteiger partial charge on any atom is -0.508 e. The van der Waals surface area contributed by atoms with Crippen molar-refractivity contribution in [3.63, 3.8) is 0 Å². The maximum Gasteiger partial charge on any atom is 0.238 e. The Labute approximate surface area is 153 Å². The molecule has 0 fully saturated rings. The Kier molecular flexibility index (Phi) is 6.01. The van der Waals surface area contributed by atoms with Crippen LogP contribution < -0.4 is 5.32 Å². The first-order valence-corrected chi connectivity index (χ1v) is 8.58. The van der Waals surface area contributed by atoms with Gasteiger partial charge in [-0.15, -0.1) is 0 Å². The van der Waals surface area contributed by atoms with Crippen molar-refractivity contribution in [2.75, 3.05) is 11.9 Å². The smallest absolute Gasteiger partial charge is 0.238 e. The second kappa shape index (κ2) is 8.83. The molecule has 0 aliphatic carbocycles. The van der Waals surface area contributed by atoms with E-state index in [4.69, 9.17) is 0 Å². The summed E-state index contributed by atoms with van der Waals surface area (Å²) in [5.74, 6) is 0.0975. The highest BCUT2D eigenvalue weighted by molar-refractivity contribution is 5.92. The molecule has 2 N–H and O–H groups in total. The molecular weight excluding hydrogens is 324 g/mol. The highest BCUT2D eigenvalue weighted by atomic mass is 16.3. The zero-order valence-corrected chi connectivity index (χ0v) is 14.5. The summed E-state index contributed by atoms with van der Waals surface area (Å²) >= 11 is 0. The molecule has 0 heterocycles. The quantitative estimate of drug-likeness (QED) is 0.635. The van der Waals surface area contributed by atoms with E-state index in [2.05, 4.69) is 34.5 Å². The second-order valence-corrected chi connectivity index (χ2v) is 6.21. The third kappa shape index (κ3) is 5.46. The average Bonchev–Trinajstić information content (AvgIpc) is 2.65. The van der Waals surface area contributed by atoms with Gasteiger partial charge in [0, 0.05) is 18.8 Å². The van der Waals surface area contributed by atoms with Crippen LogP contribution in [0.5, 0.6) is 5.75 Å². The van der Waals surface area contributed by atoms with Gasteiger partial charge in [-0.2, -0.15) is 0 Å². The zero-order chi connectivity index (χ0) is 18.2. The third-order valence-corrected chi connectivity index (χ3v) is 4.02. The van der Waals surface area contributed by atoms with Crippen molar-refractivity contribution in [2.45, 2.75) is 13.1 Å². The molecule has 0 radical (unpaired) electrons. The molecule has 4 heteroatoms. The molecular formula is C22H22N2O2. The summed E-state index contributed by atoms with van der Waals surface area (Å²) in [6, 6.07) is 26.8. The standard InChI is InChI=1S/C22H22N2O2/c25-21-13-11-20(12-14-21)23-22(26)17-24(15-18-7-3-1-4-8-18)16-19-9-5-2-6-10-19/h1-14,25H,15-17H2,(H,23,26). The summed E-state index contributed by atoms with van der Waals surface area (Å²) in [5.41, 5.74) is 3.01. The Morgan fingerprint density at radius 2 is 1.27 bits per heavy atom. The fourth-order valence-corrected chi connectivity index (χ4v) is 2.80. The van der Waals surface area contributed by atoms with Crippen LogP contribution in [0.25, 0.3) is 0 Å². The van der Waals surface area contributed by atoms with Gasteiger partial charge in [0.2, 0.25) is 5.91 Å². The van der Waals surface area contributed by atoms with Gasteiger partial charge < -0.3 is 10.4 Å². The van der Waals surface area contributed by atoms with Crippen LogP contribution in [0.4, 0.5) is 5.69 Å². The van der Waals surface area contributed by atoms with E-state index in [1.165, 1.54) is 11.1 Å². The van der Waals surface area contributed by atoms with Crippen LogP contribution in [0, 0.1) is 0 Å². The lowest BCUT2D eigenvalue weighted by Gasteiger charge is -2.22. The van der Waals surface area contributed by atoms with Crippen molar-refractivity contribution in [1.82, 2.24) is 4.90 Å². The van der Waals surface area contributed by atoms with Crippen LogP contribution >= 0.6 is 0 Å². The van der Waals surface area contributed by atoms with E-state index in [0.29, 0.717) is 18.8 Å². The SMILES string of the molecule is O=C(CN(Cc1ccccc1)Cc1ccccc1)Nc1ccc(O)cc1. The van der Waals surface area contributed by atoms with Crippen LogP contribution in [-0.2, 0) is 17.9 Å². The maximum atomic E-state index is 12.5. The molecule has 0 aromatic heterocycles. The van der Waals surface area contributed by atoms with Crippen molar-refractivity contribution in [2.24, 2.45) is 0 Å². The van der Waals surface area contributed by atoms with Crippen molar-refractivity contribution >= 4 is 11.6 Å². The van der Waals surface area contributed by atoms with Gasteiger partial charge in [-0.25, -0.2) is 0 Å². The fourth-order valence-electron chi connectivity index (χ4n) is 2.80. The van der Waals surface area contributed by atoms with Gasteiger partial charge in [-0.1, -0.05) is 60.7 Å². The molecule has 1 amide bonds. The molecule has 0 bridgehead atoms. The number of hydrogen-bond acceptors (Lipinski definition) is 3. The van der Waals surface area contributed by atoms with E-state index in [0.717, 1.165) is 0 Å². The van der Waals surface area contributed by atoms with E-state index in [1.807, 2.05) is 36.4 Å². The van der Waals surface area contributed by atoms with Crippen LogP contribution in [-0.4, -0.2) is 22.5 Å². The molecule has 3 aromatic carbocycles. The van der Waals surface area contributed by atoms with Crippen LogP contribution in [0.15, 0.2) is 84.9 Å². The molecule has 0 aliphatic heterocycles. The summed E-state index contributed by atoms with van der Waals surface area (Å²) in [7, 11) is 0. The van der Waals surface area contributed by atoms with Crippen molar-refractivity contribution < 1.29 is 9.90 Å². The summed E-state index contributed by atoms with van der Waals surface area (Å²) in [6.07, 6.45) is 0. The van der Waals surface area contributed by atoms with E-state index >= 15 is 0 Å². The number of phenolic OH excluding ortho intramolecular Hbond substituents is 1. The predicted molar refractivity (Wildman–Crippen MR) is 104 cm³/mol. The topological polar surface area (TPSA) is 52.6 Å². The monoisotopic (exact) mass is 346 g/mol. The Morgan fingerprint density at radius 1 is 0.769 bits per heavy atom. The van der Waals surface area contributed by atoms with Gasteiger partial charge in [0.05, 0.1) is 6.54 Å². The Bertz CT molecular complexity index is 776. The second-order valence-electron chi connectivity index (χ2n) is 6.21. The molecule has 0 atom stereocenters. The lowest BCUT2D eigenvalue weighted by atomic mass is 10.1. The third-order valence-electron chi connectivity index (χ3n) is 4.02. The molecule has 0 saturated carbocycles. The van der Waals surface area contributed by atoms with Crippen LogP contribution in [0.3, 0.4) is 0 Å². The first kappa shape index (κ1) is 17.7. The summed E-state index contributed by atoms with van der Waals surface area (Å²) in [5, 5.41) is 12.2. The largest absolute Gasteiger partial charge is 0.508 e. The van der Waals surface area contributed by atoms with Gasteiger partial charge in [0.25, 0.3) is 0 Å². The van der Waals surface area contributed by atoms with Crippen molar-refractivity contribution in [3.8, 4) is 5.75 Å². The zero-order valence-electron chi connectivity index (χ0n) is 14.5. The number of carbonyl (C=O) groups is 1. The summed E-state index contributed by atoms with van der Waals surface area (Å²) in [4.78, 5) is 14.6. The number of phenols is 1. The molecule has 3 rings (SSSR count). The highest BCUT2D eigenvalue weighted by Gasteiger charge is 2.12. The average molecular weight is 346 g/mol. The number of hydrogen-bond donors (Lipinski definition) is 2. The minimum atomic E-state index is -0.0810. The van der Waals surface area contributed by atoms with Crippen molar-refractivity contribution in [1.29, 1.82) is 0 Å². The summed E-state index contributed by atoms with van der Waals surface area (Å²) < 4.78 is 0. The van der Waals surface area contributed by atoms with Crippen LogP contribution in [0.1, 0.15) is 11.1 Å². The first-order chi connectivity index (χ1) is 12.7. The molecule has 0 spiro atoms. The van der Waals surface area contributed by atoms with Crippen molar-refractivity contribution in [3.05, 3.63) is 96.1 Å². The number of carbonyl (C=O) groups excluding carboxylic acids is 1. The molecule has 3 aromatic rings. The molecule has 132 valence electrons. The van der Waals surface area contributed by atoms with E-state index in [-0.39, 0.29) is 18.2 Å². The van der Waals surface area contributed by atoms with Gasteiger partial charge in [0.15, 0.2) is 0 Å². The number of aromatic hydroxyl groups is 1. The van der Waals surface area contributed by atoms with Gasteiger partial charge in [0.1, 0.15) is 5.75 Å². The van der Waals surface area contributed by atoms with Crippen LogP contribution in [0.2, 0.25) is 0 Å². The lowest BCUT2D eigenvalue weighted by Crippen LogP contribution is -2.32. The van der Waals surface area contributed by atoms with E-state index in [1.54, 1.807) is 24.3 Å². The minimum absolute atomic E-state index is 0.0810. The van der Waals surface area contributed by atoms with E-state index < -0.39 is 0 Å². The lowest BCUT2D eigenvalue weighted by molar-refractivity contribution is -0.117. The number of anilines is 1. The maximum absolute atomic E-state index is 12.5. The number of benzene rings is 3. The summed E-state index contributed by atoms with van der Waals surface area (Å²) in [6.45, 7) is 1.67. The molecule has 0 saturated heterocycles. The molecule has 0 aliphatic rings. The highest BCUT2D eigenvalue weighted by Crippen LogP contribution is 2.14. The fraction of sp³-hybridized carbons (Fsp3) is 0.136. The molecule has 0 unspecified atom stereocenters. The number of nitrogens with one attached hydrogen (secondary N) is 1. The number of amides is 1. The van der Waals surface area contributed by atoms with Gasteiger partial charge >= 0.3 is 0 Å². The normalized spacial score (nSPS) is 10.7. The van der Waals surface area contributed by atoms with Gasteiger partial charge in [-0.3, -0.25) is 9.69 Å². The predicted octanol–water partition coefficient (Wildman–Crippen LogP) is 4.03. The Balaban J connectivity index is 1.67. The first-order valence-electron chi connectivity index (χ1n) is 8.58. The Morgan fingerprint density at radius 3 is 1.77 bits per heavy atom. The molecule has 26 heavy (non-hydrogen) atoms. The van der Waals surface area contributed by atoms with E-state index in [9.17, 15) is 9.90 Å². The number of nitrogens with zero attached hydrogens (tertiary/aromatic N) is 1. The Hall–Kier alpha value is -3.11. The van der Waals surface area contributed by atoms with Gasteiger partial charge in [-0.05, 0) is 35.4 Å². The number of rotatable bonds is 7. The molecule has 4 nitrogen and oxygen atoms in total.